The van der Waals surface area contributed by atoms with Crippen molar-refractivity contribution in [3.63, 3.8) is 0 Å². The highest BCUT2D eigenvalue weighted by Gasteiger charge is 2.37. The second-order valence-corrected chi connectivity index (χ2v) is 15.3. The molecule has 0 amide bonds. The number of hydrogen-bond acceptors (Lipinski definition) is 2. The van der Waals surface area contributed by atoms with Crippen molar-refractivity contribution in [2.24, 2.45) is 0 Å². The van der Waals surface area contributed by atoms with Crippen molar-refractivity contribution in [2.75, 3.05) is 0 Å². The number of benzene rings is 6. The smallest absolute Gasteiger partial charge is 0.195 e. The van der Waals surface area contributed by atoms with E-state index >= 15 is 0 Å². The van der Waals surface area contributed by atoms with E-state index in [1.165, 1.54) is 44.5 Å². The van der Waals surface area contributed by atoms with Crippen LogP contribution in [0.4, 0.5) is 0 Å². The van der Waals surface area contributed by atoms with Crippen LogP contribution >= 0.6 is 0 Å². The maximum absolute atomic E-state index is 14.2. The molecule has 0 radical (unpaired) electrons. The van der Waals surface area contributed by atoms with Gasteiger partial charge in [-0.2, -0.15) is 0 Å². The molecule has 0 saturated carbocycles. The minimum Gasteiger partial charge on any atom is -0.289 e. The van der Waals surface area contributed by atoms with Gasteiger partial charge in [-0.05, 0) is 103 Å². The Morgan fingerprint density at radius 3 is 1.24 bits per heavy atom. The van der Waals surface area contributed by atoms with Crippen molar-refractivity contribution in [1.29, 1.82) is 0 Å². The van der Waals surface area contributed by atoms with E-state index in [4.69, 9.17) is 0 Å². The van der Waals surface area contributed by atoms with E-state index in [0.29, 0.717) is 20.9 Å². The summed E-state index contributed by atoms with van der Waals surface area (Å²) >= 11 is 0. The van der Waals surface area contributed by atoms with Gasteiger partial charge in [-0.15, -0.1) is 0 Å². The van der Waals surface area contributed by atoms with Gasteiger partial charge in [0.15, 0.2) is 5.78 Å². The molecule has 0 aromatic heterocycles. The Morgan fingerprint density at radius 2 is 0.783 bits per heavy atom. The van der Waals surface area contributed by atoms with E-state index in [9.17, 15) is 9.00 Å². The summed E-state index contributed by atoms with van der Waals surface area (Å²) in [6.45, 7) is 9.10. The van der Waals surface area contributed by atoms with Crippen LogP contribution in [0.1, 0.15) is 65.9 Å². The van der Waals surface area contributed by atoms with Gasteiger partial charge in [0.25, 0.3) is 0 Å². The van der Waals surface area contributed by atoms with E-state index in [1.807, 2.05) is 36.4 Å². The Kier molecular flexibility index (Phi) is 5.57. The van der Waals surface area contributed by atoms with Gasteiger partial charge in [-0.1, -0.05) is 113 Å². The molecule has 1 aliphatic heterocycles. The molecular formula is C43H32O2S. The first-order valence-electron chi connectivity index (χ1n) is 15.9. The van der Waals surface area contributed by atoms with Crippen molar-refractivity contribution >= 4 is 16.6 Å². The molecular weight excluding hydrogens is 581 g/mol. The Bertz CT molecular complexity index is 2190. The van der Waals surface area contributed by atoms with Crippen molar-refractivity contribution in [3.05, 3.63) is 155 Å². The monoisotopic (exact) mass is 612 g/mol. The van der Waals surface area contributed by atoms with Gasteiger partial charge in [0.1, 0.15) is 0 Å². The molecule has 0 saturated heterocycles. The molecule has 1 heterocycles. The zero-order valence-corrected chi connectivity index (χ0v) is 27.1. The minimum atomic E-state index is -1.44. The van der Waals surface area contributed by atoms with Crippen molar-refractivity contribution in [1.82, 2.24) is 0 Å². The van der Waals surface area contributed by atoms with Gasteiger partial charge in [0.2, 0.25) is 0 Å². The Balaban J connectivity index is 1.10. The standard InChI is InChI=1S/C43H32O2S/c1-42(2)35-11-7-5-9-29(35)31-17-13-27(23-37(31)42)25-15-19-39-33(21-25)41(44)34-22-26(16-20-40(34)46(39)45)28-14-18-32-30-10-6-8-12-36(30)43(3,4)38(32)24-28/h5-24H,1-4H3. The van der Waals surface area contributed by atoms with Crippen LogP contribution in [-0.4, -0.2) is 9.99 Å². The van der Waals surface area contributed by atoms with Crippen LogP contribution in [0.25, 0.3) is 44.5 Å². The summed E-state index contributed by atoms with van der Waals surface area (Å²) in [5, 5.41) is 0. The molecule has 0 N–H and O–H groups in total. The Labute approximate surface area is 272 Å². The lowest BCUT2D eigenvalue weighted by Crippen LogP contribution is -2.17. The van der Waals surface area contributed by atoms with Crippen LogP contribution < -0.4 is 0 Å². The van der Waals surface area contributed by atoms with Gasteiger partial charge >= 0.3 is 0 Å². The molecule has 6 aromatic carbocycles. The quantitative estimate of drug-likeness (QED) is 0.195. The lowest BCUT2D eigenvalue weighted by molar-refractivity contribution is 0.103. The van der Waals surface area contributed by atoms with Crippen LogP contribution in [0, 0.1) is 0 Å². The van der Waals surface area contributed by atoms with E-state index in [1.54, 1.807) is 0 Å². The third-order valence-corrected chi connectivity index (χ3v) is 12.2. The molecule has 3 heteroatoms. The molecule has 0 unspecified atom stereocenters. The highest BCUT2D eigenvalue weighted by atomic mass is 32.2. The molecule has 2 aliphatic carbocycles. The van der Waals surface area contributed by atoms with Crippen LogP contribution in [0.2, 0.25) is 0 Å². The number of fused-ring (bicyclic) bond motifs is 8. The summed E-state index contributed by atoms with van der Waals surface area (Å²) in [4.78, 5) is 15.3. The van der Waals surface area contributed by atoms with Crippen molar-refractivity contribution in [3.8, 4) is 44.5 Å². The molecule has 6 aromatic rings. The Hall–Kier alpha value is -4.86. The molecule has 46 heavy (non-hydrogen) atoms. The average molecular weight is 613 g/mol. The van der Waals surface area contributed by atoms with Gasteiger partial charge in [-0.3, -0.25) is 4.79 Å². The summed E-state index contributed by atoms with van der Waals surface area (Å²) in [5.41, 5.74) is 15.2. The first-order valence-corrected chi connectivity index (χ1v) is 17.0. The fraction of sp³-hybridized carbons (Fsp3) is 0.140. The lowest BCUT2D eigenvalue weighted by Gasteiger charge is -2.23. The second kappa shape index (κ2) is 9.34. The minimum absolute atomic E-state index is 0.0731. The van der Waals surface area contributed by atoms with Crippen LogP contribution in [-0.2, 0) is 21.6 Å². The first kappa shape index (κ1) is 27.5. The molecule has 0 spiro atoms. The van der Waals surface area contributed by atoms with E-state index in [-0.39, 0.29) is 16.6 Å². The summed E-state index contributed by atoms with van der Waals surface area (Å²) in [5.74, 6) is -0.0731. The first-order chi connectivity index (χ1) is 22.1. The normalized spacial score (nSPS) is 16.2. The molecule has 0 fully saturated rings. The molecule has 2 nitrogen and oxygen atoms in total. The fourth-order valence-corrected chi connectivity index (χ4v) is 9.45. The van der Waals surface area contributed by atoms with Gasteiger partial charge < -0.3 is 0 Å². The zero-order chi connectivity index (χ0) is 31.5. The predicted octanol–water partition coefficient (Wildman–Crippen LogP) is 10.3. The summed E-state index contributed by atoms with van der Waals surface area (Å²) in [6, 6.07) is 42.1. The largest absolute Gasteiger partial charge is 0.289 e. The van der Waals surface area contributed by atoms with Crippen LogP contribution in [0.5, 0.6) is 0 Å². The maximum atomic E-state index is 14.2. The lowest BCUT2D eigenvalue weighted by atomic mass is 9.81. The fourth-order valence-electron chi connectivity index (χ4n) is 8.13. The highest BCUT2D eigenvalue weighted by molar-refractivity contribution is 7.85. The van der Waals surface area contributed by atoms with Gasteiger partial charge in [-0.25, -0.2) is 4.21 Å². The van der Waals surface area contributed by atoms with Gasteiger partial charge in [0, 0.05) is 22.0 Å². The van der Waals surface area contributed by atoms with Gasteiger partial charge in [0.05, 0.1) is 20.6 Å². The number of rotatable bonds is 2. The number of carbonyl (C=O) groups excluding carboxylic acids is 1. The Morgan fingerprint density at radius 1 is 0.413 bits per heavy atom. The van der Waals surface area contributed by atoms with E-state index < -0.39 is 10.8 Å². The topological polar surface area (TPSA) is 34.1 Å². The highest BCUT2D eigenvalue weighted by Crippen LogP contribution is 2.51. The summed E-state index contributed by atoms with van der Waals surface area (Å²) in [6.07, 6.45) is 0. The molecule has 0 bridgehead atoms. The maximum Gasteiger partial charge on any atom is 0.195 e. The second-order valence-electron chi connectivity index (χ2n) is 13.9. The molecule has 3 aliphatic rings. The van der Waals surface area contributed by atoms with Crippen LogP contribution in [0.15, 0.2) is 131 Å². The molecule has 222 valence electrons. The number of carbonyl (C=O) groups is 1. The zero-order valence-electron chi connectivity index (χ0n) is 26.3. The van der Waals surface area contributed by atoms with Crippen LogP contribution in [0.3, 0.4) is 0 Å². The molecule has 9 rings (SSSR count). The van der Waals surface area contributed by atoms with Crippen molar-refractivity contribution < 1.29 is 9.00 Å². The SMILES string of the molecule is CC1(C)c2ccccc2-c2ccc(-c3ccc4c(c3)C(=O)c3cc(-c5ccc6c(c5)C(C)(C)c5ccccc5-6)ccc3S4=O)cc21. The number of hydrogen-bond donors (Lipinski definition) is 0. The number of ketones is 1. The predicted molar refractivity (Wildman–Crippen MR) is 187 cm³/mol. The third-order valence-electron chi connectivity index (χ3n) is 10.7. The molecule has 0 atom stereocenters. The third kappa shape index (κ3) is 3.64. The van der Waals surface area contributed by atoms with E-state index in [0.717, 1.165) is 22.3 Å². The average Bonchev–Trinajstić information content (AvgIpc) is 3.46. The van der Waals surface area contributed by atoms with Crippen molar-refractivity contribution in [2.45, 2.75) is 48.3 Å². The summed E-state index contributed by atoms with van der Waals surface area (Å²) < 4.78 is 13.8. The van der Waals surface area contributed by atoms with E-state index in [2.05, 4.69) is 113 Å². The summed E-state index contributed by atoms with van der Waals surface area (Å²) in [7, 11) is -1.44.